The van der Waals surface area contributed by atoms with Crippen LogP contribution in [0, 0.1) is 0 Å². The predicted molar refractivity (Wildman–Crippen MR) is 216 cm³/mol. The number of rotatable bonds is 4. The van der Waals surface area contributed by atoms with Gasteiger partial charge < -0.3 is 0 Å². The maximum absolute atomic E-state index is 2.42. The lowest BCUT2D eigenvalue weighted by atomic mass is 9.85. The maximum atomic E-state index is 2.42. The van der Waals surface area contributed by atoms with Crippen molar-refractivity contribution in [2.45, 2.75) is 0 Å². The van der Waals surface area contributed by atoms with E-state index in [1.54, 1.807) is 0 Å². The molecule has 0 bridgehead atoms. The van der Waals surface area contributed by atoms with E-state index in [1.165, 1.54) is 98.4 Å². The van der Waals surface area contributed by atoms with Crippen LogP contribution in [-0.4, -0.2) is 0 Å². The molecule has 0 spiro atoms. The Kier molecular flexibility index (Phi) is 6.60. The summed E-state index contributed by atoms with van der Waals surface area (Å²) in [5.74, 6) is 0. The molecule has 0 aliphatic carbocycles. The Balaban J connectivity index is 1.23. The van der Waals surface area contributed by atoms with Crippen molar-refractivity contribution in [1.82, 2.24) is 0 Å². The van der Waals surface area contributed by atoms with Gasteiger partial charge in [-0.05, 0) is 111 Å². The predicted octanol–water partition coefficient (Wildman–Crippen LogP) is 14.1. The van der Waals surface area contributed by atoms with Crippen molar-refractivity contribution < 1.29 is 0 Å². The van der Waals surface area contributed by atoms with Crippen molar-refractivity contribution in [2.75, 3.05) is 0 Å². The van der Waals surface area contributed by atoms with E-state index in [9.17, 15) is 0 Å². The van der Waals surface area contributed by atoms with Crippen LogP contribution in [0.25, 0.3) is 98.4 Å². The van der Waals surface area contributed by atoms with Crippen molar-refractivity contribution in [3.63, 3.8) is 0 Å². The highest BCUT2D eigenvalue weighted by molar-refractivity contribution is 6.39. The van der Waals surface area contributed by atoms with E-state index < -0.39 is 0 Å². The summed E-state index contributed by atoms with van der Waals surface area (Å²) >= 11 is 0. The Labute approximate surface area is 291 Å². The van der Waals surface area contributed by atoms with Gasteiger partial charge in [0.25, 0.3) is 0 Å². The van der Waals surface area contributed by atoms with Crippen LogP contribution in [0.5, 0.6) is 0 Å². The standard InChI is InChI=1S/C50H32/c1-3-11-33(12-4-1)35-19-23-37(24-20-35)39-27-29-43-41-15-7-10-18-46(41)50-48-32-40(38-25-21-36(22-26-38)34-13-5-2-6-14-34)28-30-44(48)42-16-8-9-17-45(42)49(50)47(43)31-39/h1-32H. The van der Waals surface area contributed by atoms with Crippen LogP contribution >= 0.6 is 0 Å². The van der Waals surface area contributed by atoms with E-state index >= 15 is 0 Å². The summed E-state index contributed by atoms with van der Waals surface area (Å²) < 4.78 is 0. The van der Waals surface area contributed by atoms with Gasteiger partial charge in [0.15, 0.2) is 0 Å². The van der Waals surface area contributed by atoms with E-state index in [4.69, 9.17) is 0 Å². The maximum Gasteiger partial charge on any atom is -0.00137 e. The van der Waals surface area contributed by atoms with Gasteiger partial charge in [0.1, 0.15) is 0 Å². The van der Waals surface area contributed by atoms with Crippen LogP contribution in [0.2, 0.25) is 0 Å². The highest BCUT2D eigenvalue weighted by atomic mass is 14.2. The summed E-state index contributed by atoms with van der Waals surface area (Å²) in [6, 6.07) is 71.2. The van der Waals surface area contributed by atoms with Crippen molar-refractivity contribution in [3.8, 4) is 44.5 Å². The van der Waals surface area contributed by atoms with Gasteiger partial charge >= 0.3 is 0 Å². The first-order chi connectivity index (χ1) is 24.8. The van der Waals surface area contributed by atoms with Gasteiger partial charge in [0.05, 0.1) is 0 Å². The van der Waals surface area contributed by atoms with Gasteiger partial charge in [-0.15, -0.1) is 0 Å². The van der Waals surface area contributed by atoms with Crippen molar-refractivity contribution in [1.29, 1.82) is 0 Å². The molecule has 0 nitrogen and oxygen atoms in total. The van der Waals surface area contributed by atoms with Gasteiger partial charge in [-0.2, -0.15) is 0 Å². The lowest BCUT2D eigenvalue weighted by Crippen LogP contribution is -1.90. The molecule has 0 atom stereocenters. The molecule has 0 saturated carbocycles. The fraction of sp³-hybridized carbons (Fsp3) is 0. The minimum atomic E-state index is 1.22. The molecular formula is C50H32. The number of hydrogen-bond donors (Lipinski definition) is 0. The smallest absolute Gasteiger partial charge is 0.00137 e. The van der Waals surface area contributed by atoms with E-state index in [0.717, 1.165) is 0 Å². The Morgan fingerprint density at radius 3 is 0.800 bits per heavy atom. The second kappa shape index (κ2) is 11.6. The van der Waals surface area contributed by atoms with Gasteiger partial charge in [0, 0.05) is 0 Å². The zero-order chi connectivity index (χ0) is 33.0. The normalized spacial score (nSPS) is 11.6. The third-order valence-electron chi connectivity index (χ3n) is 10.5. The molecule has 0 aliphatic rings. The number of hydrogen-bond acceptors (Lipinski definition) is 0. The van der Waals surface area contributed by atoms with Gasteiger partial charge in [-0.1, -0.05) is 182 Å². The third-order valence-corrected chi connectivity index (χ3v) is 10.5. The molecule has 10 aromatic carbocycles. The molecule has 0 heteroatoms. The SMILES string of the molecule is c1ccc(-c2ccc(-c3ccc4c5ccccc5c5c6cc(-c7ccc(-c8ccccc8)cc7)ccc6c6ccccc6c5c4c3)cc2)cc1. The second-order valence-corrected chi connectivity index (χ2v) is 13.2. The quantitative estimate of drug-likeness (QED) is 0.169. The van der Waals surface area contributed by atoms with Gasteiger partial charge in [0.2, 0.25) is 0 Å². The second-order valence-electron chi connectivity index (χ2n) is 13.2. The average molecular weight is 633 g/mol. The summed E-state index contributed by atoms with van der Waals surface area (Å²) in [5.41, 5.74) is 9.83. The molecule has 0 heterocycles. The summed E-state index contributed by atoms with van der Waals surface area (Å²) in [7, 11) is 0. The molecule has 0 radical (unpaired) electrons. The van der Waals surface area contributed by atoms with Crippen LogP contribution in [-0.2, 0) is 0 Å². The average Bonchev–Trinajstić information content (AvgIpc) is 3.21. The Bertz CT molecular complexity index is 2660. The molecule has 10 aromatic rings. The lowest BCUT2D eigenvalue weighted by Gasteiger charge is -2.18. The zero-order valence-corrected chi connectivity index (χ0v) is 27.5. The lowest BCUT2D eigenvalue weighted by molar-refractivity contribution is 1.60. The molecule has 0 unspecified atom stereocenters. The highest BCUT2D eigenvalue weighted by Crippen LogP contribution is 2.45. The number of fused-ring (bicyclic) bond motifs is 11. The zero-order valence-electron chi connectivity index (χ0n) is 27.5. The van der Waals surface area contributed by atoms with E-state index in [-0.39, 0.29) is 0 Å². The van der Waals surface area contributed by atoms with Crippen molar-refractivity contribution >= 4 is 53.9 Å². The summed E-state index contributed by atoms with van der Waals surface area (Å²) in [6.07, 6.45) is 0. The Morgan fingerprint density at radius 2 is 0.420 bits per heavy atom. The van der Waals surface area contributed by atoms with E-state index in [0.29, 0.717) is 0 Å². The first-order valence-electron chi connectivity index (χ1n) is 17.3. The van der Waals surface area contributed by atoms with Gasteiger partial charge in [-0.3, -0.25) is 0 Å². The fourth-order valence-corrected chi connectivity index (χ4v) is 8.00. The summed E-state index contributed by atoms with van der Waals surface area (Å²) in [5, 5.41) is 13.0. The van der Waals surface area contributed by atoms with Crippen LogP contribution in [0.15, 0.2) is 194 Å². The largest absolute Gasteiger partial charge is 0.0622 e. The first-order valence-corrected chi connectivity index (χ1v) is 17.3. The minimum Gasteiger partial charge on any atom is -0.0622 e. The molecule has 0 saturated heterocycles. The van der Waals surface area contributed by atoms with Crippen LogP contribution in [0.4, 0.5) is 0 Å². The van der Waals surface area contributed by atoms with Crippen molar-refractivity contribution in [2.24, 2.45) is 0 Å². The molecule has 0 fully saturated rings. The summed E-state index contributed by atoms with van der Waals surface area (Å²) in [4.78, 5) is 0. The Morgan fingerprint density at radius 1 is 0.160 bits per heavy atom. The molecular weight excluding hydrogens is 601 g/mol. The fourth-order valence-electron chi connectivity index (χ4n) is 8.00. The molecule has 0 N–H and O–H groups in total. The molecule has 232 valence electrons. The van der Waals surface area contributed by atoms with E-state index in [1.807, 2.05) is 0 Å². The third kappa shape index (κ3) is 4.61. The van der Waals surface area contributed by atoms with Crippen LogP contribution < -0.4 is 0 Å². The number of benzene rings is 10. The molecule has 0 aliphatic heterocycles. The topological polar surface area (TPSA) is 0 Å². The first kappa shape index (κ1) is 28.5. The summed E-state index contributed by atoms with van der Waals surface area (Å²) in [6.45, 7) is 0. The van der Waals surface area contributed by atoms with Gasteiger partial charge in [-0.25, -0.2) is 0 Å². The molecule has 10 rings (SSSR count). The van der Waals surface area contributed by atoms with E-state index in [2.05, 4.69) is 194 Å². The minimum absolute atomic E-state index is 1.22. The molecule has 0 aromatic heterocycles. The molecule has 0 amide bonds. The Hall–Kier alpha value is -6.50. The monoisotopic (exact) mass is 632 g/mol. The van der Waals surface area contributed by atoms with Crippen molar-refractivity contribution in [3.05, 3.63) is 194 Å². The highest BCUT2D eigenvalue weighted by Gasteiger charge is 2.17. The van der Waals surface area contributed by atoms with Crippen LogP contribution in [0.3, 0.4) is 0 Å². The van der Waals surface area contributed by atoms with Crippen LogP contribution in [0.1, 0.15) is 0 Å². The molecule has 50 heavy (non-hydrogen) atoms.